The first-order valence-corrected chi connectivity index (χ1v) is 6.78. The van der Waals surface area contributed by atoms with E-state index in [1.54, 1.807) is 0 Å². The minimum atomic E-state index is -0.226. The van der Waals surface area contributed by atoms with E-state index in [1.807, 2.05) is 19.9 Å². The van der Waals surface area contributed by atoms with E-state index >= 15 is 0 Å². The minimum absolute atomic E-state index is 0.167. The molecular formula is C16H22O2. The first-order chi connectivity index (χ1) is 8.54. The SMILES string of the molecule is CCOC(C(=O)c1cc(C)c(C)cc1C)C1CC1. The summed E-state index contributed by atoms with van der Waals surface area (Å²) in [5, 5.41) is 0. The summed E-state index contributed by atoms with van der Waals surface area (Å²) in [7, 11) is 0. The molecule has 0 N–H and O–H groups in total. The fourth-order valence-electron chi connectivity index (χ4n) is 2.38. The highest BCUT2D eigenvalue weighted by Gasteiger charge is 2.37. The molecule has 0 amide bonds. The number of Topliss-reactive ketones (excluding diaryl/α,β-unsaturated/α-hetero) is 1. The van der Waals surface area contributed by atoms with Crippen molar-refractivity contribution in [1.82, 2.24) is 0 Å². The molecule has 1 aliphatic carbocycles. The highest BCUT2D eigenvalue weighted by Crippen LogP contribution is 2.36. The number of ketones is 1. The molecule has 1 atom stereocenters. The number of rotatable bonds is 5. The van der Waals surface area contributed by atoms with Crippen molar-refractivity contribution in [3.63, 3.8) is 0 Å². The summed E-state index contributed by atoms with van der Waals surface area (Å²) >= 11 is 0. The largest absolute Gasteiger partial charge is 0.370 e. The summed E-state index contributed by atoms with van der Waals surface area (Å²) < 4.78 is 5.66. The Labute approximate surface area is 109 Å². The normalized spacial score (nSPS) is 16.7. The third-order valence-corrected chi connectivity index (χ3v) is 3.76. The average Bonchev–Trinajstić information content (AvgIpc) is 3.14. The monoisotopic (exact) mass is 246 g/mol. The van der Waals surface area contributed by atoms with Crippen LogP contribution in [0.2, 0.25) is 0 Å². The molecule has 2 heteroatoms. The predicted molar refractivity (Wildman–Crippen MR) is 73.1 cm³/mol. The number of hydrogen-bond donors (Lipinski definition) is 0. The molecule has 0 aromatic heterocycles. The lowest BCUT2D eigenvalue weighted by molar-refractivity contribution is 0.0374. The van der Waals surface area contributed by atoms with Gasteiger partial charge in [-0.1, -0.05) is 6.07 Å². The third-order valence-electron chi connectivity index (χ3n) is 3.76. The van der Waals surface area contributed by atoms with Crippen molar-refractivity contribution in [2.45, 2.75) is 46.6 Å². The Kier molecular flexibility index (Phi) is 3.86. The van der Waals surface area contributed by atoms with Crippen LogP contribution in [0.3, 0.4) is 0 Å². The van der Waals surface area contributed by atoms with Gasteiger partial charge in [0.2, 0.25) is 0 Å². The summed E-state index contributed by atoms with van der Waals surface area (Å²) in [5.74, 6) is 0.610. The van der Waals surface area contributed by atoms with Crippen LogP contribution >= 0.6 is 0 Å². The second-order valence-corrected chi connectivity index (χ2v) is 5.33. The fourth-order valence-corrected chi connectivity index (χ4v) is 2.38. The van der Waals surface area contributed by atoms with Gasteiger partial charge in [0.15, 0.2) is 5.78 Å². The number of carbonyl (C=O) groups excluding carboxylic acids is 1. The zero-order valence-corrected chi connectivity index (χ0v) is 11.7. The Morgan fingerprint density at radius 2 is 1.83 bits per heavy atom. The molecule has 0 bridgehead atoms. The van der Waals surface area contributed by atoms with E-state index in [0.29, 0.717) is 12.5 Å². The Morgan fingerprint density at radius 1 is 1.22 bits per heavy atom. The summed E-state index contributed by atoms with van der Waals surface area (Å²) in [6.45, 7) is 8.71. The highest BCUT2D eigenvalue weighted by atomic mass is 16.5. The maximum atomic E-state index is 12.6. The lowest BCUT2D eigenvalue weighted by Gasteiger charge is -2.17. The second kappa shape index (κ2) is 5.23. The molecule has 2 rings (SSSR count). The molecule has 0 spiro atoms. The number of benzene rings is 1. The van der Waals surface area contributed by atoms with Crippen LogP contribution in [0.15, 0.2) is 12.1 Å². The number of ether oxygens (including phenoxy) is 1. The smallest absolute Gasteiger partial charge is 0.192 e. The van der Waals surface area contributed by atoms with Gasteiger partial charge in [-0.2, -0.15) is 0 Å². The highest BCUT2D eigenvalue weighted by molar-refractivity contribution is 6.01. The minimum Gasteiger partial charge on any atom is -0.370 e. The van der Waals surface area contributed by atoms with Gasteiger partial charge in [0.25, 0.3) is 0 Å². The number of hydrogen-bond acceptors (Lipinski definition) is 2. The number of aryl methyl sites for hydroxylation is 3. The van der Waals surface area contributed by atoms with Crippen molar-refractivity contribution < 1.29 is 9.53 Å². The molecule has 0 saturated heterocycles. The van der Waals surface area contributed by atoms with E-state index in [0.717, 1.165) is 24.0 Å². The van der Waals surface area contributed by atoms with Crippen molar-refractivity contribution in [1.29, 1.82) is 0 Å². The Hall–Kier alpha value is -1.15. The average molecular weight is 246 g/mol. The number of carbonyl (C=O) groups is 1. The summed E-state index contributed by atoms with van der Waals surface area (Å²) in [6.07, 6.45) is 2.02. The molecular weight excluding hydrogens is 224 g/mol. The van der Waals surface area contributed by atoms with Crippen LogP contribution in [0.1, 0.15) is 46.8 Å². The first-order valence-electron chi connectivity index (χ1n) is 6.78. The van der Waals surface area contributed by atoms with Crippen molar-refractivity contribution in [2.75, 3.05) is 6.61 Å². The van der Waals surface area contributed by atoms with E-state index in [9.17, 15) is 4.79 Å². The lowest BCUT2D eigenvalue weighted by atomic mass is 9.94. The Bertz CT molecular complexity index is 458. The molecule has 0 aliphatic heterocycles. The van der Waals surface area contributed by atoms with Gasteiger partial charge < -0.3 is 4.74 Å². The van der Waals surface area contributed by atoms with Gasteiger partial charge in [-0.15, -0.1) is 0 Å². The van der Waals surface area contributed by atoms with E-state index in [1.165, 1.54) is 11.1 Å². The summed E-state index contributed by atoms with van der Waals surface area (Å²) in [5.41, 5.74) is 4.32. The van der Waals surface area contributed by atoms with Gasteiger partial charge in [0, 0.05) is 12.2 Å². The molecule has 1 aromatic rings. The van der Waals surface area contributed by atoms with Crippen molar-refractivity contribution >= 4 is 5.78 Å². The maximum Gasteiger partial charge on any atom is 0.192 e. The first kappa shape index (κ1) is 13.3. The van der Waals surface area contributed by atoms with Gasteiger partial charge >= 0.3 is 0 Å². The molecule has 98 valence electrons. The molecule has 1 aromatic carbocycles. The molecule has 1 saturated carbocycles. The zero-order valence-electron chi connectivity index (χ0n) is 11.7. The van der Waals surface area contributed by atoms with E-state index in [-0.39, 0.29) is 11.9 Å². The molecule has 1 unspecified atom stereocenters. The van der Waals surface area contributed by atoms with Gasteiger partial charge in [-0.05, 0) is 69.2 Å². The van der Waals surface area contributed by atoms with Crippen molar-refractivity contribution in [3.8, 4) is 0 Å². The van der Waals surface area contributed by atoms with Crippen molar-refractivity contribution in [3.05, 3.63) is 34.4 Å². The van der Waals surface area contributed by atoms with Crippen LogP contribution in [0.5, 0.6) is 0 Å². The van der Waals surface area contributed by atoms with E-state index in [4.69, 9.17) is 4.74 Å². The van der Waals surface area contributed by atoms with Crippen LogP contribution in [0.25, 0.3) is 0 Å². The maximum absolute atomic E-state index is 12.6. The van der Waals surface area contributed by atoms with Gasteiger partial charge in [-0.25, -0.2) is 0 Å². The standard InChI is InChI=1S/C16H22O2/c1-5-18-16(13-6-7-13)15(17)14-9-11(3)10(2)8-12(14)4/h8-9,13,16H,5-7H2,1-4H3. The molecule has 0 radical (unpaired) electrons. The van der Waals surface area contributed by atoms with Crippen LogP contribution in [-0.2, 0) is 4.74 Å². The Balaban J connectivity index is 2.29. The lowest BCUT2D eigenvalue weighted by Crippen LogP contribution is -2.27. The summed E-state index contributed by atoms with van der Waals surface area (Å²) in [6, 6.07) is 4.11. The van der Waals surface area contributed by atoms with Gasteiger partial charge in [-0.3, -0.25) is 4.79 Å². The predicted octanol–water partition coefficient (Wildman–Crippen LogP) is 3.61. The van der Waals surface area contributed by atoms with Crippen LogP contribution < -0.4 is 0 Å². The zero-order chi connectivity index (χ0) is 13.3. The topological polar surface area (TPSA) is 26.3 Å². The van der Waals surface area contributed by atoms with Crippen molar-refractivity contribution in [2.24, 2.45) is 5.92 Å². The molecule has 1 aliphatic rings. The molecule has 18 heavy (non-hydrogen) atoms. The fraction of sp³-hybridized carbons (Fsp3) is 0.562. The third kappa shape index (κ3) is 2.64. The Morgan fingerprint density at radius 3 is 2.39 bits per heavy atom. The van der Waals surface area contributed by atoms with Gasteiger partial charge in [0.05, 0.1) is 0 Å². The quantitative estimate of drug-likeness (QED) is 0.742. The molecule has 0 heterocycles. The van der Waals surface area contributed by atoms with Gasteiger partial charge in [0.1, 0.15) is 6.10 Å². The van der Waals surface area contributed by atoms with E-state index in [2.05, 4.69) is 19.9 Å². The molecule has 2 nitrogen and oxygen atoms in total. The molecule has 1 fully saturated rings. The van der Waals surface area contributed by atoms with Crippen LogP contribution in [-0.4, -0.2) is 18.5 Å². The van der Waals surface area contributed by atoms with Crippen LogP contribution in [0, 0.1) is 26.7 Å². The summed E-state index contributed by atoms with van der Waals surface area (Å²) in [4.78, 5) is 12.6. The van der Waals surface area contributed by atoms with Crippen LogP contribution in [0.4, 0.5) is 0 Å². The van der Waals surface area contributed by atoms with E-state index < -0.39 is 0 Å². The second-order valence-electron chi connectivity index (χ2n) is 5.33.